The maximum absolute atomic E-state index is 13.0. The van der Waals surface area contributed by atoms with E-state index in [1.807, 2.05) is 7.05 Å². The first-order valence-electron chi connectivity index (χ1n) is 16.3. The Hall–Kier alpha value is -4.19. The Morgan fingerprint density at radius 1 is 0.980 bits per heavy atom. The lowest BCUT2D eigenvalue weighted by atomic mass is 9.83. The van der Waals surface area contributed by atoms with Gasteiger partial charge < -0.3 is 25.2 Å². The van der Waals surface area contributed by atoms with Crippen LogP contribution < -0.4 is 20.4 Å². The van der Waals surface area contributed by atoms with E-state index < -0.39 is 11.8 Å². The first kappa shape index (κ1) is 39.6. The van der Waals surface area contributed by atoms with Gasteiger partial charge in [0.1, 0.15) is 22.9 Å². The molecule has 0 bridgehead atoms. The molecule has 3 aromatic rings. The molecule has 1 saturated carbocycles. The van der Waals surface area contributed by atoms with Crippen LogP contribution in [-0.2, 0) is 22.4 Å². The number of nitrogens with one attached hydrogen (secondary N) is 2. The number of carbonyl (C=O) groups excluding carboxylic acids is 2. The minimum absolute atomic E-state index is 0.0579. The standard InChI is InChI=1S/C21H28F2N6OS2.C10H10F2N2O.C2H4N2/c1-24-20-28-27-19(32-20)16-4-2-3-15(7-16)10-31-13-26-18(30)8-14-5-6-17(25-9-14)29-11-21(22,23)12-29;11-10(12)6-14(7-10)9-2-1-8(3-4-15)5-13-9;1-3-4-2/h5-6,9,15-16H,2-4,7-8,10-13H2,1H3,(H,24,28)(H,26,30);1-2,4-5H,3,6-7H2;1-2H2/t15?,16-;;/m0../s1. The zero-order valence-electron chi connectivity index (χ0n) is 28.3. The van der Waals surface area contributed by atoms with E-state index >= 15 is 0 Å². The Kier molecular flexibility index (Phi) is 14.7. The van der Waals surface area contributed by atoms with Gasteiger partial charge in [-0.25, -0.2) is 27.5 Å². The van der Waals surface area contributed by atoms with Gasteiger partial charge >= 0.3 is 0 Å². The van der Waals surface area contributed by atoms with Crippen LogP contribution in [0.1, 0.15) is 47.7 Å². The molecule has 3 aromatic heterocycles. The summed E-state index contributed by atoms with van der Waals surface area (Å²) in [6.07, 6.45) is 9.18. The first-order valence-corrected chi connectivity index (χ1v) is 18.3. The van der Waals surface area contributed by atoms with Gasteiger partial charge in [0.05, 0.1) is 38.5 Å². The molecule has 1 unspecified atom stereocenters. The summed E-state index contributed by atoms with van der Waals surface area (Å²) in [6, 6.07) is 6.87. The zero-order chi connectivity index (χ0) is 36.9. The summed E-state index contributed by atoms with van der Waals surface area (Å²) in [5.74, 6) is -1.48. The smallest absolute Gasteiger partial charge is 0.282 e. The minimum atomic E-state index is -2.62. The number of hydrogen-bond donors (Lipinski definition) is 2. The van der Waals surface area contributed by atoms with E-state index in [2.05, 4.69) is 54.4 Å². The summed E-state index contributed by atoms with van der Waals surface area (Å²) >= 11 is 3.40. The molecule has 5 heterocycles. The predicted octanol–water partition coefficient (Wildman–Crippen LogP) is 5.33. The molecule has 51 heavy (non-hydrogen) atoms. The van der Waals surface area contributed by atoms with E-state index in [0.29, 0.717) is 35.8 Å². The maximum atomic E-state index is 13.0. The number of aromatic nitrogens is 4. The van der Waals surface area contributed by atoms with Gasteiger partial charge in [0.15, 0.2) is 0 Å². The van der Waals surface area contributed by atoms with Gasteiger partial charge in [0.25, 0.3) is 11.8 Å². The second-order valence-electron chi connectivity index (χ2n) is 12.3. The molecular weight excluding hydrogens is 709 g/mol. The van der Waals surface area contributed by atoms with Gasteiger partial charge in [-0.1, -0.05) is 29.9 Å². The van der Waals surface area contributed by atoms with Crippen molar-refractivity contribution >= 4 is 65.5 Å². The lowest BCUT2D eigenvalue weighted by Crippen LogP contribution is -2.56. The van der Waals surface area contributed by atoms with E-state index in [4.69, 9.17) is 0 Å². The summed E-state index contributed by atoms with van der Waals surface area (Å²) in [5, 5.41) is 22.5. The van der Waals surface area contributed by atoms with Crippen LogP contribution in [0.3, 0.4) is 0 Å². The molecule has 12 nitrogen and oxygen atoms in total. The Morgan fingerprint density at radius 2 is 1.59 bits per heavy atom. The Morgan fingerprint density at radius 3 is 2.08 bits per heavy atom. The van der Waals surface area contributed by atoms with Crippen molar-refractivity contribution in [2.75, 3.05) is 60.0 Å². The van der Waals surface area contributed by atoms with Crippen molar-refractivity contribution in [3.63, 3.8) is 0 Å². The quantitative estimate of drug-likeness (QED) is 0.0588. The van der Waals surface area contributed by atoms with E-state index in [0.717, 1.165) is 39.7 Å². The van der Waals surface area contributed by atoms with Gasteiger partial charge in [0, 0.05) is 45.2 Å². The molecule has 1 amide bonds. The fraction of sp³-hybridized carbons (Fsp3) is 0.515. The van der Waals surface area contributed by atoms with E-state index in [1.165, 1.54) is 29.1 Å². The molecule has 2 atom stereocenters. The number of anilines is 3. The van der Waals surface area contributed by atoms with Crippen molar-refractivity contribution in [2.24, 2.45) is 16.1 Å². The fourth-order valence-corrected chi connectivity index (χ4v) is 7.51. The highest BCUT2D eigenvalue weighted by Gasteiger charge is 2.45. The number of pyridine rings is 2. The van der Waals surface area contributed by atoms with Crippen LogP contribution in [0.5, 0.6) is 0 Å². The number of carbonyl (C=O) groups is 2. The zero-order valence-corrected chi connectivity index (χ0v) is 30.0. The van der Waals surface area contributed by atoms with Crippen LogP contribution in [0.25, 0.3) is 0 Å². The summed E-state index contributed by atoms with van der Waals surface area (Å²) in [5.41, 5.74) is 1.57. The number of alkyl halides is 4. The van der Waals surface area contributed by atoms with Gasteiger partial charge in [-0.3, -0.25) is 4.79 Å². The third-order valence-electron chi connectivity index (χ3n) is 8.25. The topological polar surface area (TPSA) is 141 Å². The fourth-order valence-electron chi connectivity index (χ4n) is 5.65. The Balaban J connectivity index is 0.000000254. The van der Waals surface area contributed by atoms with E-state index in [-0.39, 0.29) is 38.5 Å². The molecule has 2 aliphatic heterocycles. The SMILES string of the molecule is C=NN=C.CNc1nnc([C@H]2CCCC(CSCNC(=O)Cc3ccc(N4CC(F)(F)C4)nc3)C2)s1.O=CCc1ccc(N2CC(F)(F)C2)nc1. The van der Waals surface area contributed by atoms with Crippen molar-refractivity contribution in [1.29, 1.82) is 0 Å². The molecule has 6 rings (SSSR count). The molecule has 276 valence electrons. The number of hydrogen-bond acceptors (Lipinski definition) is 13. The average Bonchev–Trinajstić information content (AvgIpc) is 3.59. The number of rotatable bonds is 13. The molecular formula is C33H42F4N10O2S2. The second kappa shape index (κ2) is 18.9. The number of thioether (sulfide) groups is 1. The minimum Gasteiger partial charge on any atom is -0.363 e. The van der Waals surface area contributed by atoms with Crippen LogP contribution in [0.4, 0.5) is 34.3 Å². The summed E-state index contributed by atoms with van der Waals surface area (Å²) in [7, 11) is 1.86. The van der Waals surface area contributed by atoms with Gasteiger partial charge in [-0.15, -0.1) is 22.0 Å². The Labute approximate surface area is 302 Å². The second-order valence-corrected chi connectivity index (χ2v) is 14.4. The summed E-state index contributed by atoms with van der Waals surface area (Å²) < 4.78 is 51.1. The Bertz CT molecular complexity index is 1560. The first-order chi connectivity index (χ1) is 24.4. The van der Waals surface area contributed by atoms with Crippen molar-refractivity contribution in [2.45, 2.75) is 56.3 Å². The van der Waals surface area contributed by atoms with E-state index in [1.54, 1.807) is 59.8 Å². The monoisotopic (exact) mass is 750 g/mol. The maximum Gasteiger partial charge on any atom is 0.282 e. The molecule has 2 N–H and O–H groups in total. The van der Waals surface area contributed by atoms with Crippen molar-refractivity contribution < 1.29 is 27.2 Å². The number of halogens is 4. The molecule has 0 spiro atoms. The van der Waals surface area contributed by atoms with E-state index in [9.17, 15) is 27.2 Å². The lowest BCUT2D eigenvalue weighted by Gasteiger charge is -2.39. The molecule has 0 radical (unpaired) electrons. The number of nitrogens with zero attached hydrogens (tertiary/aromatic N) is 8. The number of aldehydes is 1. The van der Waals surface area contributed by atoms with Gasteiger partial charge in [-0.2, -0.15) is 10.2 Å². The summed E-state index contributed by atoms with van der Waals surface area (Å²) in [6.45, 7) is 4.87. The molecule has 2 saturated heterocycles. The highest BCUT2D eigenvalue weighted by molar-refractivity contribution is 7.99. The summed E-state index contributed by atoms with van der Waals surface area (Å²) in [4.78, 5) is 33.7. The van der Waals surface area contributed by atoms with Gasteiger partial charge in [-0.05, 0) is 54.2 Å². The molecule has 0 aromatic carbocycles. The van der Waals surface area contributed by atoms with Crippen molar-refractivity contribution in [3.05, 3.63) is 52.8 Å². The normalized spacial score (nSPS) is 19.8. The molecule has 18 heteroatoms. The molecule has 3 fully saturated rings. The molecule has 3 aliphatic rings. The third kappa shape index (κ3) is 12.5. The van der Waals surface area contributed by atoms with Crippen molar-refractivity contribution in [1.82, 2.24) is 25.5 Å². The largest absolute Gasteiger partial charge is 0.363 e. The van der Waals surface area contributed by atoms with Crippen LogP contribution in [0, 0.1) is 5.92 Å². The average molecular weight is 751 g/mol. The van der Waals surface area contributed by atoms with Gasteiger partial charge in [0.2, 0.25) is 11.0 Å². The van der Waals surface area contributed by atoms with Crippen molar-refractivity contribution in [3.8, 4) is 0 Å². The van der Waals surface area contributed by atoms with Crippen LogP contribution >= 0.6 is 23.1 Å². The number of amides is 1. The molecule has 1 aliphatic carbocycles. The lowest BCUT2D eigenvalue weighted by molar-refractivity contribution is -0.120. The highest BCUT2D eigenvalue weighted by atomic mass is 32.2. The van der Waals surface area contributed by atoms with Crippen LogP contribution in [-0.4, -0.2) is 102 Å². The predicted molar refractivity (Wildman–Crippen MR) is 195 cm³/mol. The highest BCUT2D eigenvalue weighted by Crippen LogP contribution is 2.39. The van der Waals surface area contributed by atoms with Crippen LogP contribution in [0.15, 0.2) is 46.9 Å². The third-order valence-corrected chi connectivity index (χ3v) is 10.4. The van der Waals surface area contributed by atoms with Crippen LogP contribution in [0.2, 0.25) is 0 Å².